The summed E-state index contributed by atoms with van der Waals surface area (Å²) in [6.07, 6.45) is 9.02. The number of nitrogens with one attached hydrogen (secondary N) is 1. The van der Waals surface area contributed by atoms with E-state index in [1.807, 2.05) is 0 Å². The molecule has 4 heteroatoms. The first-order chi connectivity index (χ1) is 8.90. The van der Waals surface area contributed by atoms with Gasteiger partial charge in [-0.3, -0.25) is 0 Å². The van der Waals surface area contributed by atoms with Crippen LogP contribution in [0.4, 0.5) is 0 Å². The summed E-state index contributed by atoms with van der Waals surface area (Å²) in [4.78, 5) is 4.67. The number of aromatic nitrogens is 2. The van der Waals surface area contributed by atoms with E-state index in [1.165, 1.54) is 38.5 Å². The molecule has 4 nitrogen and oxygen atoms in total. The second-order valence-electron chi connectivity index (χ2n) is 6.27. The molecule has 4 rings (SSSR count). The topological polar surface area (TPSA) is 51.0 Å². The van der Waals surface area contributed by atoms with Crippen LogP contribution in [0.1, 0.15) is 68.6 Å². The highest BCUT2D eigenvalue weighted by Gasteiger charge is 2.47. The van der Waals surface area contributed by atoms with E-state index in [-0.39, 0.29) is 0 Å². The molecule has 0 bridgehead atoms. The number of rotatable bonds is 2. The van der Waals surface area contributed by atoms with Gasteiger partial charge in [-0.25, -0.2) is 0 Å². The molecule has 1 aromatic heterocycles. The van der Waals surface area contributed by atoms with Gasteiger partial charge in [0.2, 0.25) is 5.89 Å². The zero-order chi connectivity index (χ0) is 11.9. The predicted molar refractivity (Wildman–Crippen MR) is 67.1 cm³/mol. The molecule has 0 spiro atoms. The van der Waals surface area contributed by atoms with E-state index >= 15 is 0 Å². The summed E-state index contributed by atoms with van der Waals surface area (Å²) in [5.74, 6) is 4.30. The average molecular weight is 247 g/mol. The minimum Gasteiger partial charge on any atom is -0.339 e. The summed E-state index contributed by atoms with van der Waals surface area (Å²) < 4.78 is 5.51. The lowest BCUT2D eigenvalue weighted by molar-refractivity contribution is 0.337. The van der Waals surface area contributed by atoms with Crippen LogP contribution in [0, 0.1) is 11.8 Å². The third-order valence-electron chi connectivity index (χ3n) is 4.92. The zero-order valence-electron chi connectivity index (χ0n) is 10.8. The van der Waals surface area contributed by atoms with E-state index in [0.29, 0.717) is 12.0 Å². The van der Waals surface area contributed by atoms with Crippen molar-refractivity contribution in [2.24, 2.45) is 11.8 Å². The Morgan fingerprint density at radius 3 is 2.83 bits per heavy atom. The first-order valence-corrected chi connectivity index (χ1v) is 7.47. The fraction of sp³-hybridized carbons (Fsp3) is 0.857. The fourth-order valence-corrected chi connectivity index (χ4v) is 3.72. The average Bonchev–Trinajstić information content (AvgIpc) is 2.84. The molecule has 2 heterocycles. The van der Waals surface area contributed by atoms with Crippen LogP contribution >= 0.6 is 0 Å². The highest BCUT2D eigenvalue weighted by Crippen LogP contribution is 2.57. The van der Waals surface area contributed by atoms with Crippen molar-refractivity contribution >= 4 is 0 Å². The Labute approximate surface area is 108 Å². The van der Waals surface area contributed by atoms with Gasteiger partial charge in [0.25, 0.3) is 0 Å². The van der Waals surface area contributed by atoms with Crippen molar-refractivity contribution in [1.29, 1.82) is 0 Å². The largest absolute Gasteiger partial charge is 0.339 e. The maximum atomic E-state index is 5.51. The van der Waals surface area contributed by atoms with Crippen LogP contribution in [0.5, 0.6) is 0 Å². The quantitative estimate of drug-likeness (QED) is 0.873. The van der Waals surface area contributed by atoms with Gasteiger partial charge in [-0.15, -0.1) is 0 Å². The van der Waals surface area contributed by atoms with Crippen molar-refractivity contribution in [3.05, 3.63) is 11.7 Å². The molecule has 98 valence electrons. The van der Waals surface area contributed by atoms with Gasteiger partial charge in [-0.2, -0.15) is 4.98 Å². The lowest BCUT2D eigenvalue weighted by Crippen LogP contribution is -2.21. The van der Waals surface area contributed by atoms with E-state index in [1.54, 1.807) is 0 Å². The highest BCUT2D eigenvalue weighted by atomic mass is 16.5. The van der Waals surface area contributed by atoms with Crippen molar-refractivity contribution in [2.75, 3.05) is 6.54 Å². The standard InChI is InChI=1S/C14H21N3O/c1-2-4-12(15-5-3-1)13-16-14(18-17-13)11-7-9-6-10(9)8-11/h9-12,15H,1-8H2. The van der Waals surface area contributed by atoms with Crippen LogP contribution in [0.15, 0.2) is 4.52 Å². The van der Waals surface area contributed by atoms with Crippen molar-refractivity contribution in [3.63, 3.8) is 0 Å². The molecule has 3 unspecified atom stereocenters. The number of hydrogen-bond donors (Lipinski definition) is 1. The summed E-state index contributed by atoms with van der Waals surface area (Å²) in [5.41, 5.74) is 0. The van der Waals surface area contributed by atoms with Crippen LogP contribution in [-0.4, -0.2) is 16.7 Å². The normalized spacial score (nSPS) is 39.3. The molecule has 2 saturated carbocycles. The molecular weight excluding hydrogens is 226 g/mol. The van der Waals surface area contributed by atoms with Gasteiger partial charge in [0, 0.05) is 5.92 Å². The van der Waals surface area contributed by atoms with Gasteiger partial charge in [-0.05, 0) is 50.5 Å². The maximum absolute atomic E-state index is 5.51. The van der Waals surface area contributed by atoms with E-state index in [4.69, 9.17) is 4.52 Å². The zero-order valence-corrected chi connectivity index (χ0v) is 10.8. The van der Waals surface area contributed by atoms with E-state index in [2.05, 4.69) is 15.5 Å². The number of fused-ring (bicyclic) bond motifs is 1. The third kappa shape index (κ3) is 1.96. The van der Waals surface area contributed by atoms with Gasteiger partial charge >= 0.3 is 0 Å². The Balaban J connectivity index is 1.47. The molecule has 0 amide bonds. The minimum absolute atomic E-state index is 0.320. The predicted octanol–water partition coefficient (Wildman–Crippen LogP) is 2.79. The summed E-state index contributed by atoms with van der Waals surface area (Å²) in [5, 5.41) is 7.75. The summed E-state index contributed by atoms with van der Waals surface area (Å²) in [6, 6.07) is 0.320. The lowest BCUT2D eigenvalue weighted by atomic mass is 10.0. The van der Waals surface area contributed by atoms with Gasteiger partial charge in [-0.1, -0.05) is 18.0 Å². The molecule has 2 aliphatic carbocycles. The van der Waals surface area contributed by atoms with Crippen molar-refractivity contribution in [1.82, 2.24) is 15.5 Å². The van der Waals surface area contributed by atoms with Gasteiger partial charge in [0.05, 0.1) is 6.04 Å². The third-order valence-corrected chi connectivity index (χ3v) is 4.92. The molecule has 1 aliphatic heterocycles. The Morgan fingerprint density at radius 2 is 1.94 bits per heavy atom. The van der Waals surface area contributed by atoms with Crippen molar-refractivity contribution < 1.29 is 4.52 Å². The molecule has 3 fully saturated rings. The lowest BCUT2D eigenvalue weighted by Gasteiger charge is -2.10. The van der Waals surface area contributed by atoms with Crippen molar-refractivity contribution in [3.8, 4) is 0 Å². The van der Waals surface area contributed by atoms with E-state index in [0.717, 1.165) is 36.5 Å². The second kappa shape index (κ2) is 4.34. The van der Waals surface area contributed by atoms with E-state index < -0.39 is 0 Å². The van der Waals surface area contributed by atoms with Crippen LogP contribution in [-0.2, 0) is 0 Å². The molecule has 3 atom stereocenters. The van der Waals surface area contributed by atoms with Crippen LogP contribution in [0.3, 0.4) is 0 Å². The monoisotopic (exact) mass is 247 g/mol. The number of nitrogens with zero attached hydrogens (tertiary/aromatic N) is 2. The van der Waals surface area contributed by atoms with Crippen molar-refractivity contribution in [2.45, 2.75) is 56.9 Å². The van der Waals surface area contributed by atoms with E-state index in [9.17, 15) is 0 Å². The molecule has 3 aliphatic rings. The van der Waals surface area contributed by atoms with Gasteiger partial charge < -0.3 is 9.84 Å². The number of hydrogen-bond acceptors (Lipinski definition) is 4. The first-order valence-electron chi connectivity index (χ1n) is 7.47. The smallest absolute Gasteiger partial charge is 0.229 e. The molecule has 18 heavy (non-hydrogen) atoms. The minimum atomic E-state index is 0.320. The van der Waals surface area contributed by atoms with Crippen LogP contribution in [0.25, 0.3) is 0 Å². The summed E-state index contributed by atoms with van der Waals surface area (Å²) in [6.45, 7) is 1.09. The molecular formula is C14H21N3O. The Bertz CT molecular complexity index is 412. The first kappa shape index (κ1) is 11.0. The van der Waals surface area contributed by atoms with Crippen LogP contribution < -0.4 is 5.32 Å². The molecule has 1 N–H and O–H groups in total. The Morgan fingerprint density at radius 1 is 1.06 bits per heavy atom. The molecule has 1 saturated heterocycles. The fourth-order valence-electron chi connectivity index (χ4n) is 3.72. The summed E-state index contributed by atoms with van der Waals surface area (Å²) in [7, 11) is 0. The maximum Gasteiger partial charge on any atom is 0.229 e. The summed E-state index contributed by atoms with van der Waals surface area (Å²) >= 11 is 0. The second-order valence-corrected chi connectivity index (χ2v) is 6.27. The Kier molecular flexibility index (Phi) is 2.64. The van der Waals surface area contributed by atoms with Crippen LogP contribution in [0.2, 0.25) is 0 Å². The Hall–Kier alpha value is -0.900. The molecule has 1 aromatic rings. The highest BCUT2D eigenvalue weighted by molar-refractivity contribution is 5.07. The van der Waals surface area contributed by atoms with Gasteiger partial charge in [0.15, 0.2) is 5.82 Å². The SMILES string of the molecule is C1CCNC(c2noc(C3CC4CC4C3)n2)CC1. The van der Waals surface area contributed by atoms with Gasteiger partial charge in [0.1, 0.15) is 0 Å². The molecule has 0 radical (unpaired) electrons. The molecule has 0 aromatic carbocycles.